The van der Waals surface area contributed by atoms with Crippen molar-refractivity contribution in [3.05, 3.63) is 107 Å². The molecule has 7 rings (SSSR count). The van der Waals surface area contributed by atoms with Gasteiger partial charge < -0.3 is 9.13 Å². The van der Waals surface area contributed by atoms with E-state index in [9.17, 15) is 9.59 Å². The fourth-order valence-corrected chi connectivity index (χ4v) is 7.44. The minimum Gasteiger partial charge on any atom is -0.344 e. The minimum absolute atomic E-state index is 0.205. The Bertz CT molecular complexity index is 1770. The average molecular weight is 570 g/mol. The molecule has 0 saturated carbocycles. The first kappa shape index (κ1) is 27.5. The highest BCUT2D eigenvalue weighted by Gasteiger charge is 2.43. The zero-order valence-corrected chi connectivity index (χ0v) is 25.2. The summed E-state index contributed by atoms with van der Waals surface area (Å²) in [5.74, 6) is -0.409. The zero-order valence-electron chi connectivity index (χ0n) is 25.2. The number of para-hydroxylation sites is 2. The van der Waals surface area contributed by atoms with Crippen LogP contribution >= 0.6 is 0 Å². The largest absolute Gasteiger partial charge is 0.344 e. The van der Waals surface area contributed by atoms with E-state index in [0.29, 0.717) is 11.1 Å². The summed E-state index contributed by atoms with van der Waals surface area (Å²) < 4.78 is 4.75. The summed E-state index contributed by atoms with van der Waals surface area (Å²) in [6, 6.07) is 26.6. The van der Waals surface area contributed by atoms with Gasteiger partial charge in [0.15, 0.2) is 0 Å². The standard InChI is InChI=1S/C38H39N3O2/c1-26-33-29-19-11-13-21-31(29)39(26)23-15-6-4-3-5-7-16-24-40-27(2)34(30-20-12-14-22-32(30)40)36-35(33)37(42)41(38(36)43)25-28-17-9-8-10-18-28/h8-14,17-22H,3-7,15-16,23-25H2,1-2H3. The first-order chi connectivity index (χ1) is 21.1. The smallest absolute Gasteiger partial charge is 0.262 e. The molecule has 2 aliphatic heterocycles. The Morgan fingerprint density at radius 3 is 1.44 bits per heavy atom. The molecule has 5 heteroatoms. The predicted octanol–water partition coefficient (Wildman–Crippen LogP) is 8.44. The number of carbonyl (C=O) groups excluding carboxylic acids is 2. The predicted molar refractivity (Wildman–Crippen MR) is 174 cm³/mol. The van der Waals surface area contributed by atoms with Crippen molar-refractivity contribution in [1.29, 1.82) is 0 Å². The van der Waals surface area contributed by atoms with E-state index < -0.39 is 0 Å². The summed E-state index contributed by atoms with van der Waals surface area (Å²) in [5.41, 5.74) is 8.21. The highest BCUT2D eigenvalue weighted by Crippen LogP contribution is 2.45. The van der Waals surface area contributed by atoms with Crippen LogP contribution in [0.5, 0.6) is 0 Å². The van der Waals surface area contributed by atoms with Crippen LogP contribution in [0.15, 0.2) is 78.9 Å². The molecule has 5 nitrogen and oxygen atoms in total. The zero-order chi connectivity index (χ0) is 29.5. The normalized spacial score (nSPS) is 16.7. The summed E-state index contributed by atoms with van der Waals surface area (Å²) >= 11 is 0. The Hall–Kier alpha value is -4.38. The molecular formula is C38H39N3O2. The van der Waals surface area contributed by atoms with Gasteiger partial charge in [0.2, 0.25) is 0 Å². The van der Waals surface area contributed by atoms with Crippen molar-refractivity contribution in [1.82, 2.24) is 14.0 Å². The van der Waals surface area contributed by atoms with Crippen LogP contribution in [-0.2, 0) is 29.2 Å². The SMILES string of the molecule is Cc1c2c3ccccc3n1CCCCCCCCCn1c(C)c(c3ccccc31)C1=C2C(=O)N(Cc2ccccc2)C1=O. The lowest BCUT2D eigenvalue weighted by molar-refractivity contribution is -0.136. The van der Waals surface area contributed by atoms with E-state index >= 15 is 0 Å². The summed E-state index contributed by atoms with van der Waals surface area (Å²) in [4.78, 5) is 30.7. The van der Waals surface area contributed by atoms with Gasteiger partial charge in [-0.3, -0.25) is 14.5 Å². The number of benzene rings is 3. The van der Waals surface area contributed by atoms with Crippen LogP contribution < -0.4 is 0 Å². The van der Waals surface area contributed by atoms with E-state index in [1.807, 2.05) is 42.5 Å². The first-order valence-corrected chi connectivity index (χ1v) is 15.9. The first-order valence-electron chi connectivity index (χ1n) is 15.9. The fraction of sp³-hybridized carbons (Fsp3) is 0.316. The van der Waals surface area contributed by atoms with Crippen LogP contribution in [0.3, 0.4) is 0 Å². The fourth-order valence-electron chi connectivity index (χ4n) is 7.44. The molecule has 2 aromatic heterocycles. The second-order valence-electron chi connectivity index (χ2n) is 12.2. The molecule has 43 heavy (non-hydrogen) atoms. The van der Waals surface area contributed by atoms with Gasteiger partial charge in [-0.15, -0.1) is 0 Å². The maximum absolute atomic E-state index is 14.6. The van der Waals surface area contributed by atoms with E-state index in [0.717, 1.165) is 75.8 Å². The van der Waals surface area contributed by atoms with Gasteiger partial charge in [-0.25, -0.2) is 0 Å². The van der Waals surface area contributed by atoms with E-state index in [2.05, 4.69) is 59.4 Å². The second kappa shape index (κ2) is 11.4. The van der Waals surface area contributed by atoms with Gasteiger partial charge in [0.05, 0.1) is 17.7 Å². The molecular weight excluding hydrogens is 530 g/mol. The number of hydrogen-bond acceptors (Lipinski definition) is 2. The number of nitrogens with zero attached hydrogens (tertiary/aromatic N) is 3. The molecule has 4 heterocycles. The number of aromatic nitrogens is 2. The van der Waals surface area contributed by atoms with Gasteiger partial charge in [0, 0.05) is 57.4 Å². The number of fused-ring (bicyclic) bond motifs is 12. The number of carbonyl (C=O) groups is 2. The molecule has 0 unspecified atom stereocenters. The van der Waals surface area contributed by atoms with Crippen molar-refractivity contribution < 1.29 is 9.59 Å². The Morgan fingerprint density at radius 1 is 0.535 bits per heavy atom. The monoisotopic (exact) mass is 569 g/mol. The molecule has 5 aromatic rings. The number of amides is 2. The summed E-state index contributed by atoms with van der Waals surface area (Å²) in [6.45, 7) is 6.32. The van der Waals surface area contributed by atoms with Crippen molar-refractivity contribution in [2.24, 2.45) is 0 Å². The van der Waals surface area contributed by atoms with E-state index in [1.54, 1.807) is 0 Å². The van der Waals surface area contributed by atoms with Crippen molar-refractivity contribution in [3.63, 3.8) is 0 Å². The lowest BCUT2D eigenvalue weighted by Gasteiger charge is -2.15. The quantitative estimate of drug-likeness (QED) is 0.200. The van der Waals surface area contributed by atoms with Crippen molar-refractivity contribution in [3.8, 4) is 0 Å². The molecule has 0 atom stereocenters. The van der Waals surface area contributed by atoms with Crippen LogP contribution in [0, 0.1) is 13.8 Å². The van der Waals surface area contributed by atoms with Crippen molar-refractivity contribution >= 4 is 44.8 Å². The maximum Gasteiger partial charge on any atom is 0.262 e. The molecule has 2 amide bonds. The Balaban J connectivity index is 1.52. The molecule has 0 spiro atoms. The Kier molecular flexibility index (Phi) is 7.26. The highest BCUT2D eigenvalue weighted by atomic mass is 16.2. The molecule has 3 aromatic carbocycles. The van der Waals surface area contributed by atoms with E-state index in [-0.39, 0.29) is 18.4 Å². The van der Waals surface area contributed by atoms with Gasteiger partial charge in [0.1, 0.15) is 0 Å². The molecule has 0 aliphatic carbocycles. The molecule has 218 valence electrons. The van der Waals surface area contributed by atoms with Gasteiger partial charge >= 0.3 is 0 Å². The van der Waals surface area contributed by atoms with Gasteiger partial charge in [-0.05, 0) is 44.4 Å². The van der Waals surface area contributed by atoms with Gasteiger partial charge in [-0.1, -0.05) is 98.8 Å². The average Bonchev–Trinajstić information content (AvgIpc) is 3.55. The molecule has 2 aliphatic rings. The number of rotatable bonds is 2. The summed E-state index contributed by atoms with van der Waals surface area (Å²) in [7, 11) is 0. The van der Waals surface area contributed by atoms with Gasteiger partial charge in [0.25, 0.3) is 11.8 Å². The molecule has 0 fully saturated rings. The third-order valence-electron chi connectivity index (χ3n) is 9.58. The van der Waals surface area contributed by atoms with Gasteiger partial charge in [-0.2, -0.15) is 0 Å². The van der Waals surface area contributed by atoms with Crippen LogP contribution in [0.25, 0.3) is 33.0 Å². The topological polar surface area (TPSA) is 47.2 Å². The Morgan fingerprint density at radius 2 is 0.953 bits per heavy atom. The van der Waals surface area contributed by atoms with Crippen LogP contribution in [0.2, 0.25) is 0 Å². The van der Waals surface area contributed by atoms with Crippen LogP contribution in [-0.4, -0.2) is 25.8 Å². The lowest BCUT2D eigenvalue weighted by Crippen LogP contribution is -2.31. The van der Waals surface area contributed by atoms with E-state index in [1.165, 1.54) is 37.0 Å². The third-order valence-corrected chi connectivity index (χ3v) is 9.58. The second-order valence-corrected chi connectivity index (χ2v) is 12.2. The maximum atomic E-state index is 14.6. The van der Waals surface area contributed by atoms with Crippen LogP contribution in [0.4, 0.5) is 0 Å². The number of hydrogen-bond donors (Lipinski definition) is 0. The summed E-state index contributed by atoms with van der Waals surface area (Å²) in [6.07, 6.45) is 8.36. The molecule has 0 saturated heterocycles. The minimum atomic E-state index is -0.205. The number of imide groups is 1. The van der Waals surface area contributed by atoms with Crippen molar-refractivity contribution in [2.75, 3.05) is 0 Å². The third kappa shape index (κ3) is 4.62. The summed E-state index contributed by atoms with van der Waals surface area (Å²) in [5, 5.41) is 2.08. The van der Waals surface area contributed by atoms with E-state index in [4.69, 9.17) is 0 Å². The van der Waals surface area contributed by atoms with Crippen molar-refractivity contribution in [2.45, 2.75) is 78.4 Å². The van der Waals surface area contributed by atoms with Crippen LogP contribution in [0.1, 0.15) is 73.0 Å². The lowest BCUT2D eigenvalue weighted by atomic mass is 9.93. The highest BCUT2D eigenvalue weighted by molar-refractivity contribution is 6.51. The molecule has 0 radical (unpaired) electrons. The number of aryl methyl sites for hydroxylation is 2. The Labute approximate surface area is 253 Å². The molecule has 4 bridgehead atoms. The molecule has 0 N–H and O–H groups in total.